The van der Waals surface area contributed by atoms with E-state index >= 15 is 0 Å². The molecular formula is C7H7F3N2O. The monoisotopic (exact) mass is 192 g/mol. The lowest BCUT2D eigenvalue weighted by atomic mass is 10.4. The van der Waals surface area contributed by atoms with Crippen LogP contribution in [0, 0.1) is 0 Å². The fraction of sp³-hybridized carbons (Fsp3) is 0.429. The van der Waals surface area contributed by atoms with E-state index in [9.17, 15) is 18.0 Å². The van der Waals surface area contributed by atoms with Crippen LogP contribution in [0.1, 0.15) is 5.69 Å². The molecule has 0 bridgehead atoms. The third-order valence-electron chi connectivity index (χ3n) is 1.34. The first-order valence-corrected chi connectivity index (χ1v) is 3.52. The van der Waals surface area contributed by atoms with Crippen molar-refractivity contribution in [3.05, 3.63) is 18.2 Å². The number of hydrogen-bond donors (Lipinski definition) is 0. The molecule has 0 unspecified atom stereocenters. The Kier molecular flexibility index (Phi) is 2.69. The molecule has 6 heteroatoms. The molecule has 0 radical (unpaired) electrons. The van der Waals surface area contributed by atoms with E-state index in [0.29, 0.717) is 12.0 Å². The van der Waals surface area contributed by atoms with E-state index < -0.39 is 12.7 Å². The van der Waals surface area contributed by atoms with Crippen LogP contribution >= 0.6 is 0 Å². The summed E-state index contributed by atoms with van der Waals surface area (Å²) in [5.41, 5.74) is 0.347. The third-order valence-corrected chi connectivity index (χ3v) is 1.34. The Hall–Kier alpha value is -1.33. The lowest BCUT2D eigenvalue weighted by molar-refractivity contribution is -0.140. The van der Waals surface area contributed by atoms with Gasteiger partial charge in [0, 0.05) is 12.6 Å². The van der Waals surface area contributed by atoms with Crippen LogP contribution < -0.4 is 0 Å². The maximum atomic E-state index is 11.8. The molecule has 0 aliphatic rings. The molecular weight excluding hydrogens is 185 g/mol. The molecule has 1 aromatic rings. The summed E-state index contributed by atoms with van der Waals surface area (Å²) in [6, 6.07) is 0. The van der Waals surface area contributed by atoms with Crippen LogP contribution in [0.5, 0.6) is 0 Å². The van der Waals surface area contributed by atoms with E-state index in [-0.39, 0.29) is 6.42 Å². The molecule has 0 saturated heterocycles. The highest BCUT2D eigenvalue weighted by Gasteiger charge is 2.27. The SMILES string of the molecule is O=CCc1cn(CC(F)(F)F)cn1. The molecule has 1 aromatic heterocycles. The van der Waals surface area contributed by atoms with Gasteiger partial charge in [-0.2, -0.15) is 13.2 Å². The predicted molar refractivity (Wildman–Crippen MR) is 38.1 cm³/mol. The van der Waals surface area contributed by atoms with Gasteiger partial charge in [0.2, 0.25) is 0 Å². The second-order valence-electron chi connectivity index (χ2n) is 2.52. The van der Waals surface area contributed by atoms with Gasteiger partial charge in [-0.05, 0) is 0 Å². The van der Waals surface area contributed by atoms with E-state index in [0.717, 1.165) is 10.9 Å². The summed E-state index contributed by atoms with van der Waals surface area (Å²) >= 11 is 0. The fourth-order valence-electron chi connectivity index (χ4n) is 0.891. The Morgan fingerprint density at radius 3 is 2.77 bits per heavy atom. The molecule has 0 atom stereocenters. The molecule has 0 N–H and O–H groups in total. The second kappa shape index (κ2) is 3.59. The van der Waals surface area contributed by atoms with Crippen LogP contribution in [0.25, 0.3) is 0 Å². The van der Waals surface area contributed by atoms with E-state index in [1.165, 1.54) is 6.20 Å². The average Bonchev–Trinajstić information content (AvgIpc) is 2.33. The molecule has 0 aliphatic heterocycles. The van der Waals surface area contributed by atoms with E-state index in [4.69, 9.17) is 0 Å². The van der Waals surface area contributed by atoms with Gasteiger partial charge in [0.25, 0.3) is 0 Å². The number of halogens is 3. The summed E-state index contributed by atoms with van der Waals surface area (Å²) in [6.45, 7) is -1.07. The minimum absolute atomic E-state index is 0.0465. The second-order valence-corrected chi connectivity index (χ2v) is 2.52. The minimum Gasteiger partial charge on any atom is -0.328 e. The zero-order chi connectivity index (χ0) is 9.90. The van der Waals surface area contributed by atoms with Gasteiger partial charge in [-0.1, -0.05) is 0 Å². The molecule has 13 heavy (non-hydrogen) atoms. The lowest BCUT2D eigenvalue weighted by Gasteiger charge is -2.05. The van der Waals surface area contributed by atoms with E-state index in [1.54, 1.807) is 0 Å². The van der Waals surface area contributed by atoms with E-state index in [1.807, 2.05) is 0 Å². The Labute approximate surface area is 72.2 Å². The number of alkyl halides is 3. The summed E-state index contributed by atoms with van der Waals surface area (Å²) < 4.78 is 36.4. The summed E-state index contributed by atoms with van der Waals surface area (Å²) in [6.07, 6.45) is -1.33. The molecule has 72 valence electrons. The third kappa shape index (κ3) is 3.27. The van der Waals surface area contributed by atoms with Gasteiger partial charge < -0.3 is 9.36 Å². The van der Waals surface area contributed by atoms with Crippen molar-refractivity contribution in [2.45, 2.75) is 19.1 Å². The van der Waals surface area contributed by atoms with Gasteiger partial charge in [0.1, 0.15) is 12.8 Å². The number of aldehydes is 1. The van der Waals surface area contributed by atoms with Crippen molar-refractivity contribution in [1.29, 1.82) is 0 Å². The van der Waals surface area contributed by atoms with Crippen molar-refractivity contribution in [2.24, 2.45) is 0 Å². The molecule has 0 spiro atoms. The summed E-state index contributed by atoms with van der Waals surface area (Å²) in [7, 11) is 0. The summed E-state index contributed by atoms with van der Waals surface area (Å²) in [5.74, 6) is 0. The smallest absolute Gasteiger partial charge is 0.328 e. The maximum Gasteiger partial charge on any atom is 0.406 e. The Morgan fingerprint density at radius 1 is 1.54 bits per heavy atom. The van der Waals surface area contributed by atoms with Crippen LogP contribution in [-0.2, 0) is 17.8 Å². The van der Waals surface area contributed by atoms with Crippen LogP contribution in [0.15, 0.2) is 12.5 Å². The van der Waals surface area contributed by atoms with Crippen molar-refractivity contribution >= 4 is 6.29 Å². The Bertz CT molecular complexity index is 292. The van der Waals surface area contributed by atoms with Gasteiger partial charge in [-0.15, -0.1) is 0 Å². The average molecular weight is 192 g/mol. The molecule has 3 nitrogen and oxygen atoms in total. The lowest BCUT2D eigenvalue weighted by Crippen LogP contribution is -2.16. The largest absolute Gasteiger partial charge is 0.406 e. The zero-order valence-electron chi connectivity index (χ0n) is 6.58. The standard InChI is InChI=1S/C7H7F3N2O/c8-7(9,10)4-12-3-6(1-2-13)11-5-12/h2-3,5H,1,4H2. The van der Waals surface area contributed by atoms with Gasteiger partial charge in [-0.25, -0.2) is 4.98 Å². The molecule has 1 heterocycles. The summed E-state index contributed by atoms with van der Waals surface area (Å²) in [4.78, 5) is 13.6. The highest BCUT2D eigenvalue weighted by atomic mass is 19.4. The topological polar surface area (TPSA) is 34.9 Å². The highest BCUT2D eigenvalue weighted by molar-refractivity contribution is 5.53. The number of nitrogens with zero attached hydrogens (tertiary/aromatic N) is 2. The number of imidazole rings is 1. The maximum absolute atomic E-state index is 11.8. The molecule has 0 aromatic carbocycles. The number of carbonyl (C=O) groups excluding carboxylic acids is 1. The van der Waals surface area contributed by atoms with Crippen molar-refractivity contribution in [2.75, 3.05) is 0 Å². The van der Waals surface area contributed by atoms with Gasteiger partial charge in [-0.3, -0.25) is 0 Å². The van der Waals surface area contributed by atoms with Crippen LogP contribution in [-0.4, -0.2) is 22.0 Å². The number of aromatic nitrogens is 2. The van der Waals surface area contributed by atoms with Crippen molar-refractivity contribution in [1.82, 2.24) is 9.55 Å². The molecule has 1 rings (SSSR count). The first-order valence-electron chi connectivity index (χ1n) is 3.52. The fourth-order valence-corrected chi connectivity index (χ4v) is 0.891. The molecule has 0 aliphatic carbocycles. The van der Waals surface area contributed by atoms with Crippen LogP contribution in [0.2, 0.25) is 0 Å². The zero-order valence-corrected chi connectivity index (χ0v) is 6.58. The quantitative estimate of drug-likeness (QED) is 0.674. The van der Waals surface area contributed by atoms with Crippen molar-refractivity contribution in [3.8, 4) is 0 Å². The van der Waals surface area contributed by atoms with Crippen molar-refractivity contribution in [3.63, 3.8) is 0 Å². The van der Waals surface area contributed by atoms with Gasteiger partial charge in [0.05, 0.1) is 12.0 Å². The van der Waals surface area contributed by atoms with Gasteiger partial charge >= 0.3 is 6.18 Å². The molecule has 0 saturated carbocycles. The van der Waals surface area contributed by atoms with Crippen molar-refractivity contribution < 1.29 is 18.0 Å². The van der Waals surface area contributed by atoms with Crippen LogP contribution in [0.4, 0.5) is 13.2 Å². The number of hydrogen-bond acceptors (Lipinski definition) is 2. The Balaban J connectivity index is 2.63. The number of carbonyl (C=O) groups is 1. The number of rotatable bonds is 3. The Morgan fingerprint density at radius 2 is 2.23 bits per heavy atom. The highest BCUT2D eigenvalue weighted by Crippen LogP contribution is 2.17. The minimum atomic E-state index is -4.25. The first-order chi connectivity index (χ1) is 6.01. The van der Waals surface area contributed by atoms with Crippen LogP contribution in [0.3, 0.4) is 0 Å². The normalized spacial score (nSPS) is 11.6. The first kappa shape index (κ1) is 9.76. The predicted octanol–water partition coefficient (Wildman–Crippen LogP) is 1.19. The summed E-state index contributed by atoms with van der Waals surface area (Å²) in [5, 5.41) is 0. The molecule has 0 amide bonds. The van der Waals surface area contributed by atoms with Gasteiger partial charge in [0.15, 0.2) is 0 Å². The molecule has 0 fully saturated rings. The van der Waals surface area contributed by atoms with E-state index in [2.05, 4.69) is 4.98 Å².